The highest BCUT2D eigenvalue weighted by Gasteiger charge is 2.32. The number of aliphatic hydroxyl groups excluding tert-OH is 4. The molecule has 0 heterocycles. The molecular formula is C20H22N2O6. The van der Waals surface area contributed by atoms with E-state index in [0.717, 1.165) is 0 Å². The van der Waals surface area contributed by atoms with Gasteiger partial charge in [0.15, 0.2) is 11.6 Å². The summed E-state index contributed by atoms with van der Waals surface area (Å²) >= 11 is 0. The van der Waals surface area contributed by atoms with Crippen LogP contribution in [0.1, 0.15) is 31.8 Å². The van der Waals surface area contributed by atoms with Gasteiger partial charge in [0.2, 0.25) is 0 Å². The van der Waals surface area contributed by atoms with Crippen LogP contribution in [0.4, 0.5) is 11.4 Å². The minimum Gasteiger partial charge on any atom is -0.394 e. The smallest absolute Gasteiger partial charge is 0.196 e. The van der Waals surface area contributed by atoms with Gasteiger partial charge in [0.25, 0.3) is 0 Å². The van der Waals surface area contributed by atoms with Crippen molar-refractivity contribution in [1.29, 1.82) is 0 Å². The lowest BCUT2D eigenvalue weighted by Gasteiger charge is -2.24. The molecule has 0 bridgehead atoms. The van der Waals surface area contributed by atoms with E-state index in [1.807, 2.05) is 0 Å². The number of hydrogen-bond acceptors (Lipinski definition) is 8. The van der Waals surface area contributed by atoms with Gasteiger partial charge in [0, 0.05) is 29.8 Å². The summed E-state index contributed by atoms with van der Waals surface area (Å²) in [4.78, 5) is 26.0. The first-order valence-electron chi connectivity index (χ1n) is 8.89. The Morgan fingerprint density at radius 3 is 1.93 bits per heavy atom. The molecule has 0 radical (unpaired) electrons. The number of rotatable bonds is 8. The average Bonchev–Trinajstić information content (AvgIpc) is 2.73. The van der Waals surface area contributed by atoms with Crippen LogP contribution in [0.3, 0.4) is 0 Å². The highest BCUT2D eigenvalue weighted by molar-refractivity contribution is 6.30. The number of ketones is 2. The van der Waals surface area contributed by atoms with E-state index in [1.165, 1.54) is 6.07 Å². The van der Waals surface area contributed by atoms with Crippen molar-refractivity contribution in [3.63, 3.8) is 0 Å². The molecule has 2 aromatic rings. The zero-order valence-corrected chi connectivity index (χ0v) is 15.1. The number of carbonyl (C=O) groups excluding carboxylic acids is 2. The summed E-state index contributed by atoms with van der Waals surface area (Å²) in [6.07, 6.45) is -2.07. The maximum absolute atomic E-state index is 13.1. The van der Waals surface area contributed by atoms with E-state index < -0.39 is 25.4 Å². The fourth-order valence-electron chi connectivity index (χ4n) is 3.09. The van der Waals surface area contributed by atoms with Crippen LogP contribution in [0.5, 0.6) is 0 Å². The van der Waals surface area contributed by atoms with Crippen molar-refractivity contribution in [2.75, 3.05) is 36.9 Å². The van der Waals surface area contributed by atoms with E-state index >= 15 is 0 Å². The second kappa shape index (κ2) is 8.49. The Morgan fingerprint density at radius 2 is 1.32 bits per heavy atom. The van der Waals surface area contributed by atoms with E-state index in [9.17, 15) is 19.8 Å². The molecule has 0 saturated carbocycles. The standard InChI is InChI=1S/C20H22N2O6/c23-9-11(25)7-21-16-6-5-15-17(18(16)22-8-12(26)10-24)20(28)14-4-2-1-3-13(14)19(15)27/h1-6,11-12,21-26H,7-10H2. The van der Waals surface area contributed by atoms with Crippen LogP contribution >= 0.6 is 0 Å². The number of nitrogens with one attached hydrogen (secondary N) is 2. The van der Waals surface area contributed by atoms with Crippen molar-refractivity contribution in [3.8, 4) is 0 Å². The summed E-state index contributed by atoms with van der Waals surface area (Å²) in [7, 11) is 0. The maximum Gasteiger partial charge on any atom is 0.196 e. The predicted octanol–water partition coefficient (Wildman–Crippen LogP) is -0.00780. The van der Waals surface area contributed by atoms with Gasteiger partial charge in [-0.2, -0.15) is 0 Å². The second-order valence-electron chi connectivity index (χ2n) is 6.55. The van der Waals surface area contributed by atoms with Crippen LogP contribution in [-0.4, -0.2) is 70.5 Å². The van der Waals surface area contributed by atoms with Gasteiger partial charge in [-0.25, -0.2) is 0 Å². The number of anilines is 2. The van der Waals surface area contributed by atoms with E-state index in [1.54, 1.807) is 30.3 Å². The van der Waals surface area contributed by atoms with Crippen LogP contribution < -0.4 is 10.6 Å². The highest BCUT2D eigenvalue weighted by atomic mass is 16.3. The predicted molar refractivity (Wildman–Crippen MR) is 103 cm³/mol. The van der Waals surface area contributed by atoms with Gasteiger partial charge in [0.05, 0.1) is 42.4 Å². The van der Waals surface area contributed by atoms with Crippen molar-refractivity contribution < 1.29 is 30.0 Å². The third kappa shape index (κ3) is 3.76. The lowest BCUT2D eigenvalue weighted by molar-refractivity contribution is 0.0978. The third-order valence-corrected chi connectivity index (χ3v) is 4.56. The molecule has 2 aromatic carbocycles. The molecule has 0 fully saturated rings. The summed E-state index contributed by atoms with van der Waals surface area (Å²) in [6, 6.07) is 9.68. The van der Waals surface area contributed by atoms with E-state index in [4.69, 9.17) is 10.2 Å². The molecule has 1 aliphatic rings. The second-order valence-corrected chi connectivity index (χ2v) is 6.55. The van der Waals surface area contributed by atoms with Crippen molar-refractivity contribution in [3.05, 3.63) is 58.7 Å². The summed E-state index contributed by atoms with van der Waals surface area (Å²) in [5.41, 5.74) is 1.74. The Balaban J connectivity index is 2.06. The number of aliphatic hydroxyl groups is 4. The van der Waals surface area contributed by atoms with Gasteiger partial charge < -0.3 is 31.1 Å². The lowest BCUT2D eigenvalue weighted by atomic mass is 9.82. The molecule has 0 amide bonds. The Hall–Kier alpha value is -2.78. The highest BCUT2D eigenvalue weighted by Crippen LogP contribution is 2.36. The van der Waals surface area contributed by atoms with Crippen molar-refractivity contribution in [1.82, 2.24) is 0 Å². The largest absolute Gasteiger partial charge is 0.394 e. The third-order valence-electron chi connectivity index (χ3n) is 4.56. The van der Waals surface area contributed by atoms with Crippen LogP contribution in [0.25, 0.3) is 0 Å². The molecule has 148 valence electrons. The first kappa shape index (κ1) is 20.0. The summed E-state index contributed by atoms with van der Waals surface area (Å²) in [6.45, 7) is -0.934. The maximum atomic E-state index is 13.1. The van der Waals surface area contributed by atoms with Gasteiger partial charge >= 0.3 is 0 Å². The monoisotopic (exact) mass is 386 g/mol. The summed E-state index contributed by atoms with van der Waals surface area (Å²) < 4.78 is 0. The molecule has 2 unspecified atom stereocenters. The van der Waals surface area contributed by atoms with Crippen molar-refractivity contribution in [2.24, 2.45) is 0 Å². The Bertz CT molecular complexity index is 898. The molecule has 0 saturated heterocycles. The van der Waals surface area contributed by atoms with Crippen molar-refractivity contribution >= 4 is 22.9 Å². The lowest BCUT2D eigenvalue weighted by Crippen LogP contribution is -2.28. The van der Waals surface area contributed by atoms with Crippen LogP contribution in [-0.2, 0) is 0 Å². The molecule has 1 aliphatic carbocycles. The zero-order valence-electron chi connectivity index (χ0n) is 15.1. The van der Waals surface area contributed by atoms with Crippen LogP contribution in [0.15, 0.2) is 36.4 Å². The van der Waals surface area contributed by atoms with Gasteiger partial charge in [-0.05, 0) is 12.1 Å². The molecule has 8 nitrogen and oxygen atoms in total. The first-order valence-corrected chi connectivity index (χ1v) is 8.89. The number of carbonyl (C=O) groups is 2. The summed E-state index contributed by atoms with van der Waals surface area (Å²) in [5, 5.41) is 43.2. The minimum absolute atomic E-state index is 0.0191. The minimum atomic E-state index is -1.06. The summed E-state index contributed by atoms with van der Waals surface area (Å²) in [5.74, 6) is -0.615. The Labute approximate surface area is 161 Å². The molecule has 0 aliphatic heterocycles. The fourth-order valence-corrected chi connectivity index (χ4v) is 3.09. The molecular weight excluding hydrogens is 364 g/mol. The van der Waals surface area contributed by atoms with Gasteiger partial charge in [-0.3, -0.25) is 9.59 Å². The Kier molecular flexibility index (Phi) is 6.05. The molecule has 28 heavy (non-hydrogen) atoms. The molecule has 0 aromatic heterocycles. The van der Waals surface area contributed by atoms with E-state index in [2.05, 4.69) is 10.6 Å². The van der Waals surface area contributed by atoms with Gasteiger partial charge in [-0.15, -0.1) is 0 Å². The number of benzene rings is 2. The molecule has 0 spiro atoms. The molecule has 2 atom stereocenters. The molecule has 8 heteroatoms. The van der Waals surface area contributed by atoms with Crippen LogP contribution in [0.2, 0.25) is 0 Å². The fraction of sp³-hybridized carbons (Fsp3) is 0.300. The van der Waals surface area contributed by atoms with Crippen molar-refractivity contribution in [2.45, 2.75) is 12.2 Å². The van der Waals surface area contributed by atoms with Crippen LogP contribution in [0, 0.1) is 0 Å². The topological polar surface area (TPSA) is 139 Å². The quantitative estimate of drug-likeness (QED) is 0.318. The first-order chi connectivity index (χ1) is 13.5. The van der Waals surface area contributed by atoms with Gasteiger partial charge in [-0.1, -0.05) is 24.3 Å². The normalized spacial score (nSPS) is 14.9. The average molecular weight is 386 g/mol. The molecule has 3 rings (SSSR count). The van der Waals surface area contributed by atoms with Gasteiger partial charge in [0.1, 0.15) is 0 Å². The van der Waals surface area contributed by atoms with E-state index in [0.29, 0.717) is 22.5 Å². The number of fused-ring (bicyclic) bond motifs is 2. The zero-order chi connectivity index (χ0) is 20.3. The SMILES string of the molecule is O=C1c2ccccc2C(=O)c2c1ccc(NCC(O)CO)c2NCC(O)CO. The van der Waals surface area contributed by atoms with E-state index in [-0.39, 0.29) is 35.8 Å². The number of hydrogen-bond donors (Lipinski definition) is 6. The Morgan fingerprint density at radius 1 is 0.750 bits per heavy atom. The molecule has 6 N–H and O–H groups in total.